The van der Waals surface area contributed by atoms with E-state index in [-0.39, 0.29) is 0 Å². The predicted molar refractivity (Wildman–Crippen MR) is 71.9 cm³/mol. The highest BCUT2D eigenvalue weighted by molar-refractivity contribution is 7.07. The zero-order valence-electron chi connectivity index (χ0n) is 9.53. The number of benzene rings is 1. The van der Waals surface area contributed by atoms with Gasteiger partial charge in [0.05, 0.1) is 0 Å². The Morgan fingerprint density at radius 2 is 2.12 bits per heavy atom. The lowest BCUT2D eigenvalue weighted by Gasteiger charge is -2.15. The molecule has 0 aliphatic carbocycles. The first-order chi connectivity index (χ1) is 7.66. The molecule has 0 aliphatic rings. The second kappa shape index (κ2) is 4.58. The highest BCUT2D eigenvalue weighted by atomic mass is 32.1. The zero-order chi connectivity index (χ0) is 11.5. The molecular formula is C13H16N2S. The van der Waals surface area contributed by atoms with Crippen LogP contribution in [0.25, 0.3) is 0 Å². The van der Waals surface area contributed by atoms with Crippen LogP contribution in [0.15, 0.2) is 35.0 Å². The first-order valence-electron chi connectivity index (χ1n) is 5.31. The minimum Gasteiger partial charge on any atom is -0.399 e. The first-order valence-corrected chi connectivity index (χ1v) is 6.26. The van der Waals surface area contributed by atoms with Crippen molar-refractivity contribution >= 4 is 22.7 Å². The average molecular weight is 232 g/mol. The predicted octanol–water partition coefficient (Wildman–Crippen LogP) is 3.81. The summed E-state index contributed by atoms with van der Waals surface area (Å²) in [5.74, 6) is 0. The topological polar surface area (TPSA) is 38.0 Å². The van der Waals surface area contributed by atoms with Gasteiger partial charge in [0, 0.05) is 17.4 Å². The molecule has 1 atom stereocenters. The van der Waals surface area contributed by atoms with E-state index < -0.39 is 0 Å². The van der Waals surface area contributed by atoms with Gasteiger partial charge in [0.2, 0.25) is 0 Å². The summed E-state index contributed by atoms with van der Waals surface area (Å²) in [6.07, 6.45) is 0. The lowest BCUT2D eigenvalue weighted by Crippen LogP contribution is -2.05. The van der Waals surface area contributed by atoms with E-state index in [9.17, 15) is 0 Å². The van der Waals surface area contributed by atoms with E-state index in [0.717, 1.165) is 16.9 Å². The number of aryl methyl sites for hydroxylation is 1. The minimum atomic E-state index is 0.328. The van der Waals surface area contributed by atoms with E-state index in [1.165, 1.54) is 5.56 Å². The molecule has 1 unspecified atom stereocenters. The molecule has 3 N–H and O–H groups in total. The molecule has 84 valence electrons. The Kier molecular flexibility index (Phi) is 3.15. The Labute approximate surface area is 100 Å². The molecule has 3 heteroatoms. The van der Waals surface area contributed by atoms with Crippen LogP contribution in [-0.4, -0.2) is 0 Å². The maximum atomic E-state index is 5.79. The van der Waals surface area contributed by atoms with Gasteiger partial charge in [-0.1, -0.05) is 0 Å². The molecule has 2 rings (SSSR count). The lowest BCUT2D eigenvalue weighted by molar-refractivity contribution is 0.890. The summed E-state index contributed by atoms with van der Waals surface area (Å²) in [6.45, 7) is 4.18. The van der Waals surface area contributed by atoms with Crippen LogP contribution in [0.1, 0.15) is 24.1 Å². The molecule has 0 aliphatic heterocycles. The number of anilines is 2. The van der Waals surface area contributed by atoms with Gasteiger partial charge in [-0.3, -0.25) is 0 Å². The van der Waals surface area contributed by atoms with Crippen LogP contribution in [-0.2, 0) is 0 Å². The Bertz CT molecular complexity index is 463. The van der Waals surface area contributed by atoms with Gasteiger partial charge in [-0.25, -0.2) is 0 Å². The maximum absolute atomic E-state index is 5.79. The molecule has 1 aromatic heterocycles. The second-order valence-corrected chi connectivity index (χ2v) is 4.77. The van der Waals surface area contributed by atoms with E-state index in [2.05, 4.69) is 35.1 Å². The molecule has 0 bridgehead atoms. The van der Waals surface area contributed by atoms with E-state index in [4.69, 9.17) is 5.73 Å². The lowest BCUT2D eigenvalue weighted by atomic mass is 10.1. The largest absolute Gasteiger partial charge is 0.399 e. The molecular weight excluding hydrogens is 216 g/mol. The molecule has 0 radical (unpaired) electrons. The van der Waals surface area contributed by atoms with Crippen molar-refractivity contribution < 1.29 is 0 Å². The highest BCUT2D eigenvalue weighted by Crippen LogP contribution is 2.23. The molecule has 1 heterocycles. The van der Waals surface area contributed by atoms with Crippen LogP contribution in [0.5, 0.6) is 0 Å². The quantitative estimate of drug-likeness (QED) is 0.790. The second-order valence-electron chi connectivity index (χ2n) is 3.99. The number of thiophene rings is 1. The summed E-state index contributed by atoms with van der Waals surface area (Å²) in [5, 5.41) is 7.73. The monoisotopic (exact) mass is 232 g/mol. The number of nitrogens with one attached hydrogen (secondary N) is 1. The summed E-state index contributed by atoms with van der Waals surface area (Å²) in [4.78, 5) is 0. The Hall–Kier alpha value is -1.48. The number of rotatable bonds is 3. The molecule has 1 aromatic carbocycles. The van der Waals surface area contributed by atoms with E-state index >= 15 is 0 Å². The van der Waals surface area contributed by atoms with Crippen LogP contribution in [0.3, 0.4) is 0 Å². The third kappa shape index (κ3) is 2.36. The van der Waals surface area contributed by atoms with Crippen LogP contribution >= 0.6 is 11.3 Å². The fraction of sp³-hybridized carbons (Fsp3) is 0.231. The third-order valence-electron chi connectivity index (χ3n) is 2.70. The van der Waals surface area contributed by atoms with Crippen molar-refractivity contribution in [2.45, 2.75) is 19.9 Å². The summed E-state index contributed by atoms with van der Waals surface area (Å²) >= 11 is 1.72. The fourth-order valence-corrected chi connectivity index (χ4v) is 2.37. The first kappa shape index (κ1) is 11.0. The van der Waals surface area contributed by atoms with Gasteiger partial charge in [-0.05, 0) is 60.0 Å². The van der Waals surface area contributed by atoms with Gasteiger partial charge < -0.3 is 11.1 Å². The van der Waals surface area contributed by atoms with Gasteiger partial charge in [-0.15, -0.1) is 0 Å². The Morgan fingerprint density at radius 1 is 1.31 bits per heavy atom. The zero-order valence-corrected chi connectivity index (χ0v) is 10.3. The van der Waals surface area contributed by atoms with Gasteiger partial charge in [0.15, 0.2) is 0 Å². The van der Waals surface area contributed by atoms with E-state index in [1.54, 1.807) is 11.3 Å². The molecule has 0 fully saturated rings. The van der Waals surface area contributed by atoms with Gasteiger partial charge in [0.1, 0.15) is 0 Å². The van der Waals surface area contributed by atoms with Crippen LogP contribution in [0, 0.1) is 6.92 Å². The molecule has 0 saturated heterocycles. The standard InChI is InChI=1S/C13H16N2S/c1-9-7-12(3-4-13(9)14)15-10(2)11-5-6-16-8-11/h3-8,10,15H,14H2,1-2H3. The molecule has 2 nitrogen and oxygen atoms in total. The van der Waals surface area contributed by atoms with Gasteiger partial charge in [0.25, 0.3) is 0 Å². The molecule has 0 spiro atoms. The number of nitrogens with two attached hydrogens (primary N) is 1. The van der Waals surface area contributed by atoms with E-state index in [0.29, 0.717) is 6.04 Å². The number of nitrogen functional groups attached to an aromatic ring is 1. The number of hydrogen-bond acceptors (Lipinski definition) is 3. The van der Waals surface area contributed by atoms with Gasteiger partial charge in [-0.2, -0.15) is 11.3 Å². The van der Waals surface area contributed by atoms with Crippen molar-refractivity contribution in [2.24, 2.45) is 0 Å². The van der Waals surface area contributed by atoms with Crippen molar-refractivity contribution in [3.8, 4) is 0 Å². The Balaban J connectivity index is 2.12. The third-order valence-corrected chi connectivity index (χ3v) is 3.40. The SMILES string of the molecule is Cc1cc(NC(C)c2ccsc2)ccc1N. The van der Waals surface area contributed by atoms with Crippen LogP contribution in [0.2, 0.25) is 0 Å². The summed E-state index contributed by atoms with van der Waals surface area (Å²) in [5.41, 5.74) is 10.2. The number of hydrogen-bond donors (Lipinski definition) is 2. The summed E-state index contributed by atoms with van der Waals surface area (Å²) < 4.78 is 0. The molecule has 0 saturated carbocycles. The molecule has 0 amide bonds. The van der Waals surface area contributed by atoms with Crippen LogP contribution < -0.4 is 11.1 Å². The highest BCUT2D eigenvalue weighted by Gasteiger charge is 2.05. The van der Waals surface area contributed by atoms with Crippen molar-refractivity contribution in [1.82, 2.24) is 0 Å². The Morgan fingerprint density at radius 3 is 2.75 bits per heavy atom. The van der Waals surface area contributed by atoms with Crippen molar-refractivity contribution in [2.75, 3.05) is 11.1 Å². The molecule has 2 aromatic rings. The van der Waals surface area contributed by atoms with Crippen LogP contribution in [0.4, 0.5) is 11.4 Å². The maximum Gasteiger partial charge on any atom is 0.0493 e. The normalized spacial score (nSPS) is 12.4. The fourth-order valence-electron chi connectivity index (χ4n) is 1.62. The van der Waals surface area contributed by atoms with Crippen molar-refractivity contribution in [3.05, 3.63) is 46.2 Å². The van der Waals surface area contributed by atoms with E-state index in [1.807, 2.05) is 19.1 Å². The summed E-state index contributed by atoms with van der Waals surface area (Å²) in [6, 6.07) is 8.52. The minimum absolute atomic E-state index is 0.328. The van der Waals surface area contributed by atoms with Crippen molar-refractivity contribution in [3.63, 3.8) is 0 Å². The summed E-state index contributed by atoms with van der Waals surface area (Å²) in [7, 11) is 0. The van der Waals surface area contributed by atoms with Gasteiger partial charge >= 0.3 is 0 Å². The smallest absolute Gasteiger partial charge is 0.0493 e. The van der Waals surface area contributed by atoms with Crippen molar-refractivity contribution in [1.29, 1.82) is 0 Å². The molecule has 16 heavy (non-hydrogen) atoms. The average Bonchev–Trinajstić information content (AvgIpc) is 2.77.